The summed E-state index contributed by atoms with van der Waals surface area (Å²) in [5.74, 6) is 3.26. The van der Waals surface area contributed by atoms with Gasteiger partial charge in [-0.15, -0.1) is 0 Å². The van der Waals surface area contributed by atoms with Crippen LogP contribution in [0.4, 0.5) is 5.69 Å². The highest BCUT2D eigenvalue weighted by molar-refractivity contribution is 6.11. The van der Waals surface area contributed by atoms with Gasteiger partial charge in [0, 0.05) is 17.2 Å². The van der Waals surface area contributed by atoms with Gasteiger partial charge in [-0.05, 0) is 12.1 Å². The molecule has 2 aliphatic rings. The van der Waals surface area contributed by atoms with Crippen molar-refractivity contribution in [1.29, 1.82) is 0 Å². The van der Waals surface area contributed by atoms with Crippen molar-refractivity contribution in [2.45, 2.75) is 5.54 Å². The molecule has 7 heteroatoms. The van der Waals surface area contributed by atoms with Gasteiger partial charge < -0.3 is 42.9 Å². The van der Waals surface area contributed by atoms with Crippen LogP contribution in [0.1, 0.15) is 22.3 Å². The average Bonchev–Trinajstić information content (AvgIpc) is 3.44. The van der Waals surface area contributed by atoms with Crippen molar-refractivity contribution in [2.24, 2.45) is 0 Å². The van der Waals surface area contributed by atoms with Crippen LogP contribution in [0.25, 0.3) is 0 Å². The number of halogens is 1. The van der Waals surface area contributed by atoms with E-state index < -0.39 is 5.54 Å². The molecule has 0 bridgehead atoms. The second kappa shape index (κ2) is 10.2. The summed E-state index contributed by atoms with van der Waals surface area (Å²) in [6, 6.07) is 31.8. The molecule has 0 aromatic heterocycles. The summed E-state index contributed by atoms with van der Waals surface area (Å²) in [6.45, 7) is 0.118. The molecule has 4 aromatic carbocycles. The monoisotopic (exact) mass is 620 g/mol. The highest BCUT2D eigenvalue weighted by Crippen LogP contribution is 2.52. The normalized spacial score (nSPS) is 15.0. The van der Waals surface area contributed by atoms with Gasteiger partial charge >= 0.3 is 0 Å². The summed E-state index contributed by atoms with van der Waals surface area (Å²) in [5, 5.41) is 0. The number of fused-ring (bicyclic) bond motifs is 2. The molecule has 2 aliphatic heterocycles. The van der Waals surface area contributed by atoms with E-state index in [-0.39, 0.29) is 30.8 Å². The Morgan fingerprint density at radius 2 is 1.37 bits per heavy atom. The van der Waals surface area contributed by atoms with Crippen LogP contribution in [-0.4, -0.2) is 45.5 Å². The molecule has 0 N–H and O–H groups in total. The molecular formula is C31H29IN2O4. The summed E-state index contributed by atoms with van der Waals surface area (Å²) in [5.41, 5.74) is 4.84. The third kappa shape index (κ3) is 3.63. The van der Waals surface area contributed by atoms with Crippen LogP contribution in [0.15, 0.2) is 91.0 Å². The first-order chi connectivity index (χ1) is 18.1. The number of benzene rings is 4. The van der Waals surface area contributed by atoms with Crippen molar-refractivity contribution in [3.8, 4) is 23.0 Å². The van der Waals surface area contributed by atoms with Crippen LogP contribution in [0.5, 0.6) is 23.0 Å². The van der Waals surface area contributed by atoms with Crippen LogP contribution < -0.4 is 47.8 Å². The Kier molecular flexibility index (Phi) is 6.96. The standard InChI is InChI=1S/C31H29N2O4.HI/c1-32-25-18-12-11-17-24(25)31(21-13-7-5-8-14-21,22-15-9-6-10-16-22)33(2)30(32)23-19-26(34-3)28-29(27(23)35-4)37-20-36-28;/h5-19H,20H2,1-4H3;1H/q+1;/p-1. The molecule has 4 aromatic rings. The number of nitrogens with zero attached hydrogens (tertiary/aromatic N) is 2. The lowest BCUT2D eigenvalue weighted by Gasteiger charge is -2.41. The van der Waals surface area contributed by atoms with Gasteiger partial charge in [0.15, 0.2) is 17.0 Å². The van der Waals surface area contributed by atoms with E-state index in [0.29, 0.717) is 23.0 Å². The lowest BCUT2D eigenvalue weighted by molar-refractivity contribution is -0.570. The second-order valence-corrected chi connectivity index (χ2v) is 9.13. The van der Waals surface area contributed by atoms with Crippen molar-refractivity contribution in [3.63, 3.8) is 0 Å². The Bertz CT molecular complexity index is 1470. The Labute approximate surface area is 240 Å². The lowest BCUT2D eigenvalue weighted by atomic mass is 9.74. The number of amidine groups is 1. The zero-order valence-corrected chi connectivity index (χ0v) is 23.9. The number of para-hydroxylation sites is 1. The smallest absolute Gasteiger partial charge is 0.289 e. The molecule has 0 spiro atoms. The molecule has 38 heavy (non-hydrogen) atoms. The van der Waals surface area contributed by atoms with Gasteiger partial charge in [-0.3, -0.25) is 0 Å². The molecule has 0 radical (unpaired) electrons. The topological polar surface area (TPSA) is 43.2 Å². The zero-order valence-electron chi connectivity index (χ0n) is 21.8. The molecule has 2 heterocycles. The van der Waals surface area contributed by atoms with Crippen LogP contribution in [0.3, 0.4) is 0 Å². The third-order valence-corrected chi connectivity index (χ3v) is 7.40. The van der Waals surface area contributed by atoms with Gasteiger partial charge in [0.25, 0.3) is 5.84 Å². The van der Waals surface area contributed by atoms with E-state index in [4.69, 9.17) is 18.9 Å². The molecule has 0 fully saturated rings. The van der Waals surface area contributed by atoms with Crippen LogP contribution >= 0.6 is 0 Å². The highest BCUT2D eigenvalue weighted by Gasteiger charge is 2.51. The zero-order chi connectivity index (χ0) is 25.6. The largest absolute Gasteiger partial charge is 1.00 e. The minimum Gasteiger partial charge on any atom is -1.00 e. The number of anilines is 1. The molecule has 0 saturated carbocycles. The van der Waals surface area contributed by atoms with E-state index in [2.05, 4.69) is 108 Å². The Morgan fingerprint density at radius 3 is 1.97 bits per heavy atom. The van der Waals surface area contributed by atoms with Gasteiger partial charge in [-0.1, -0.05) is 72.8 Å². The first kappa shape index (κ1) is 25.9. The molecule has 194 valence electrons. The molecule has 0 aliphatic carbocycles. The minimum atomic E-state index is -0.616. The fraction of sp³-hybridized carbons (Fsp3) is 0.194. The molecule has 0 amide bonds. The van der Waals surface area contributed by atoms with Crippen LogP contribution in [-0.2, 0) is 5.54 Å². The number of ether oxygens (including phenoxy) is 4. The molecular weight excluding hydrogens is 591 g/mol. The summed E-state index contributed by atoms with van der Waals surface area (Å²) in [7, 11) is 7.52. The van der Waals surface area contributed by atoms with Gasteiger partial charge in [-0.2, -0.15) is 0 Å². The summed E-state index contributed by atoms with van der Waals surface area (Å²) in [6.07, 6.45) is 0. The van der Waals surface area contributed by atoms with Crippen molar-refractivity contribution < 1.29 is 47.5 Å². The van der Waals surface area contributed by atoms with Crippen LogP contribution in [0.2, 0.25) is 0 Å². The minimum absolute atomic E-state index is 0. The predicted molar refractivity (Wildman–Crippen MR) is 144 cm³/mol. The first-order valence-electron chi connectivity index (χ1n) is 12.2. The van der Waals surface area contributed by atoms with Crippen LogP contribution in [0, 0.1) is 0 Å². The van der Waals surface area contributed by atoms with E-state index in [0.717, 1.165) is 28.2 Å². The van der Waals surface area contributed by atoms with E-state index >= 15 is 0 Å². The quantitative estimate of drug-likeness (QED) is 0.253. The molecule has 0 unspecified atom stereocenters. The van der Waals surface area contributed by atoms with Crippen molar-refractivity contribution in [1.82, 2.24) is 0 Å². The number of methoxy groups -OCH3 is 2. The van der Waals surface area contributed by atoms with Gasteiger partial charge in [0.1, 0.15) is 11.3 Å². The number of hydrogen-bond donors (Lipinski definition) is 0. The molecule has 0 saturated heterocycles. The van der Waals surface area contributed by atoms with E-state index in [1.807, 2.05) is 6.07 Å². The van der Waals surface area contributed by atoms with Gasteiger partial charge in [-0.25, -0.2) is 9.48 Å². The fourth-order valence-electron chi connectivity index (χ4n) is 5.87. The number of rotatable bonds is 5. The third-order valence-electron chi connectivity index (χ3n) is 7.40. The SMILES string of the molecule is COc1cc(C2=[N+](C)C(c3ccccc3)(c3ccccc3)c3ccccc3N2C)c(OC)c2c1OCO2.[I-]. The maximum atomic E-state index is 5.97. The summed E-state index contributed by atoms with van der Waals surface area (Å²) < 4.78 is 25.7. The van der Waals surface area contributed by atoms with Crippen molar-refractivity contribution >= 4 is 11.5 Å². The maximum absolute atomic E-state index is 5.97. The Hall–Kier alpha value is -3.72. The van der Waals surface area contributed by atoms with E-state index in [1.165, 1.54) is 5.56 Å². The predicted octanol–water partition coefficient (Wildman–Crippen LogP) is 2.27. The molecule has 6 nitrogen and oxygen atoms in total. The Balaban J connectivity index is 0.00000294. The summed E-state index contributed by atoms with van der Waals surface area (Å²) in [4.78, 5) is 2.21. The van der Waals surface area contributed by atoms with Crippen molar-refractivity contribution in [3.05, 3.63) is 113 Å². The van der Waals surface area contributed by atoms with Gasteiger partial charge in [0.05, 0.1) is 33.9 Å². The molecule has 0 atom stereocenters. The van der Waals surface area contributed by atoms with E-state index in [9.17, 15) is 0 Å². The van der Waals surface area contributed by atoms with Gasteiger partial charge in [0.2, 0.25) is 18.3 Å². The first-order valence-corrected chi connectivity index (χ1v) is 12.2. The summed E-state index contributed by atoms with van der Waals surface area (Å²) >= 11 is 0. The Morgan fingerprint density at radius 1 is 0.789 bits per heavy atom. The number of hydrogen-bond acceptors (Lipinski definition) is 5. The van der Waals surface area contributed by atoms with E-state index in [1.54, 1.807) is 14.2 Å². The maximum Gasteiger partial charge on any atom is 0.289 e. The second-order valence-electron chi connectivity index (χ2n) is 9.13. The molecule has 6 rings (SSSR count). The average molecular weight is 620 g/mol. The van der Waals surface area contributed by atoms with Crippen molar-refractivity contribution in [2.75, 3.05) is 40.0 Å². The fourth-order valence-corrected chi connectivity index (χ4v) is 5.87. The lowest BCUT2D eigenvalue weighted by Crippen LogP contribution is -3.00. The highest BCUT2D eigenvalue weighted by atomic mass is 127.